The second-order valence-corrected chi connectivity index (χ2v) is 2.49. The Labute approximate surface area is 83.2 Å². The summed E-state index contributed by atoms with van der Waals surface area (Å²) >= 11 is 0. The molecule has 0 aliphatic heterocycles. The van der Waals surface area contributed by atoms with Gasteiger partial charge >= 0.3 is 29.8 Å². The van der Waals surface area contributed by atoms with Crippen molar-refractivity contribution in [2.24, 2.45) is 0 Å². The van der Waals surface area contributed by atoms with E-state index in [9.17, 15) is 40.3 Å². The lowest BCUT2D eigenvalue weighted by Gasteiger charge is -2.27. The monoisotopic (exact) mass is 256 g/mol. The molecule has 0 aromatic rings. The summed E-state index contributed by atoms with van der Waals surface area (Å²) in [5.74, 6) is -21.9. The molecule has 0 amide bonds. The second-order valence-electron chi connectivity index (χ2n) is 2.49. The first-order chi connectivity index (χ1) is 6.92. The van der Waals surface area contributed by atoms with Crippen LogP contribution in [-0.4, -0.2) is 36.9 Å². The summed E-state index contributed by atoms with van der Waals surface area (Å²) in [5, 5.41) is 0. The van der Waals surface area contributed by atoms with Gasteiger partial charge in [-0.15, -0.1) is 0 Å². The number of ether oxygens (including phenoxy) is 1. The molecule has 0 heterocycles. The van der Waals surface area contributed by atoms with Gasteiger partial charge in [-0.25, -0.2) is 4.79 Å². The molecule has 0 bridgehead atoms. The number of carbonyl (C=O) groups is 2. The molecule has 0 fully saturated rings. The smallest absolute Gasteiger partial charge is 0.411 e. The molecule has 0 saturated carbocycles. The zero-order valence-corrected chi connectivity index (χ0v) is 7.37. The van der Waals surface area contributed by atoms with Crippen molar-refractivity contribution in [3.63, 3.8) is 0 Å². The van der Waals surface area contributed by atoms with E-state index in [1.807, 2.05) is 0 Å². The Balaban J connectivity index is 5.51. The Morgan fingerprint density at radius 2 is 1.31 bits per heavy atom. The van der Waals surface area contributed by atoms with E-state index in [1.165, 1.54) is 0 Å². The maximum absolute atomic E-state index is 12.4. The van der Waals surface area contributed by atoms with Crippen molar-refractivity contribution >= 4 is 12.0 Å². The summed E-state index contributed by atoms with van der Waals surface area (Å²) in [7, 11) is 0.224. The largest absolute Gasteiger partial charge is 0.464 e. The minimum Gasteiger partial charge on any atom is -0.464 e. The Morgan fingerprint density at radius 3 is 1.56 bits per heavy atom. The third-order valence-corrected chi connectivity index (χ3v) is 1.48. The number of hydrogen-bond donors (Lipinski definition) is 0. The van der Waals surface area contributed by atoms with Gasteiger partial charge in [0.05, 0.1) is 7.11 Å². The fourth-order valence-corrected chi connectivity index (χ4v) is 0.577. The molecule has 0 aromatic carbocycles. The van der Waals surface area contributed by atoms with E-state index >= 15 is 0 Å². The van der Waals surface area contributed by atoms with Crippen LogP contribution in [-0.2, 0) is 14.3 Å². The van der Waals surface area contributed by atoms with Gasteiger partial charge in [0.1, 0.15) is 0 Å². The fraction of sp³-hybridized carbons (Fsp3) is 0.667. The molecular weight excluding hydrogens is 253 g/mol. The number of hydrogen-bond acceptors (Lipinski definition) is 3. The second kappa shape index (κ2) is 3.91. The maximum Gasteiger partial charge on any atom is 0.411 e. The van der Waals surface area contributed by atoms with Crippen LogP contribution in [0.2, 0.25) is 0 Å². The van der Waals surface area contributed by atoms with Crippen molar-refractivity contribution in [2.75, 3.05) is 7.11 Å². The first-order valence-corrected chi connectivity index (χ1v) is 3.34. The van der Waals surface area contributed by atoms with Gasteiger partial charge in [-0.05, 0) is 0 Å². The van der Waals surface area contributed by atoms with Gasteiger partial charge in [0.25, 0.3) is 0 Å². The first kappa shape index (κ1) is 14.7. The minimum atomic E-state index is -6.53. The third kappa shape index (κ3) is 1.83. The number of methoxy groups -OCH3 is 1. The van der Waals surface area contributed by atoms with Crippen molar-refractivity contribution in [1.29, 1.82) is 0 Å². The Morgan fingerprint density at radius 1 is 0.938 bits per heavy atom. The SMILES string of the molecule is COC(=O)C(F)(F)C(F)(F)C(F)(F)C(=O)F. The van der Waals surface area contributed by atoms with Crippen molar-refractivity contribution < 1.29 is 45.1 Å². The summed E-state index contributed by atoms with van der Waals surface area (Å²) in [6.07, 6.45) is 0. The van der Waals surface area contributed by atoms with Gasteiger partial charge in [-0.3, -0.25) is 4.79 Å². The minimum absolute atomic E-state index is 0.224. The highest BCUT2D eigenvalue weighted by Gasteiger charge is 2.79. The summed E-state index contributed by atoms with van der Waals surface area (Å²) < 4.78 is 88.6. The van der Waals surface area contributed by atoms with Crippen LogP contribution in [0.4, 0.5) is 30.7 Å². The lowest BCUT2D eigenvalue weighted by molar-refractivity contribution is -0.296. The fourth-order valence-electron chi connectivity index (χ4n) is 0.577. The Kier molecular flexibility index (Phi) is 3.58. The van der Waals surface area contributed by atoms with E-state index < -0.39 is 29.8 Å². The highest BCUT2D eigenvalue weighted by Crippen LogP contribution is 2.46. The zero-order chi connectivity index (χ0) is 13.4. The molecule has 0 aliphatic carbocycles. The van der Waals surface area contributed by atoms with Crippen LogP contribution in [0.3, 0.4) is 0 Å². The normalized spacial score (nSPS) is 13.5. The van der Waals surface area contributed by atoms with Crippen LogP contribution in [0.15, 0.2) is 0 Å². The Hall–Kier alpha value is -1.35. The van der Waals surface area contributed by atoms with Gasteiger partial charge in [-0.2, -0.15) is 30.7 Å². The average Bonchev–Trinajstić information content (AvgIpc) is 2.15. The van der Waals surface area contributed by atoms with E-state index in [-0.39, 0.29) is 7.11 Å². The molecule has 0 spiro atoms. The number of rotatable bonds is 4. The van der Waals surface area contributed by atoms with Crippen LogP contribution < -0.4 is 0 Å². The van der Waals surface area contributed by atoms with Crippen molar-refractivity contribution in [3.05, 3.63) is 0 Å². The van der Waals surface area contributed by atoms with E-state index in [4.69, 9.17) is 0 Å². The van der Waals surface area contributed by atoms with Crippen LogP contribution in [0.25, 0.3) is 0 Å². The lowest BCUT2D eigenvalue weighted by Crippen LogP contribution is -2.60. The molecule has 94 valence electrons. The predicted octanol–water partition coefficient (Wildman–Crippen LogP) is 1.56. The van der Waals surface area contributed by atoms with Gasteiger partial charge in [0.2, 0.25) is 0 Å². The highest BCUT2D eigenvalue weighted by atomic mass is 19.3. The maximum atomic E-state index is 12.4. The quantitative estimate of drug-likeness (QED) is 0.435. The number of esters is 1. The van der Waals surface area contributed by atoms with Gasteiger partial charge in [-0.1, -0.05) is 0 Å². The van der Waals surface area contributed by atoms with Gasteiger partial charge in [0.15, 0.2) is 0 Å². The molecule has 0 N–H and O–H groups in total. The van der Waals surface area contributed by atoms with Crippen molar-refractivity contribution in [3.8, 4) is 0 Å². The molecule has 16 heavy (non-hydrogen) atoms. The summed E-state index contributed by atoms with van der Waals surface area (Å²) in [6, 6.07) is -3.99. The standard InChI is InChI=1S/C6H3F7O3/c1-16-3(15)5(10,11)6(12,13)4(8,9)2(7)14/h1H3. The average molecular weight is 256 g/mol. The number of halogens is 7. The van der Waals surface area contributed by atoms with E-state index in [0.29, 0.717) is 0 Å². The van der Waals surface area contributed by atoms with E-state index in [1.54, 1.807) is 0 Å². The summed E-state index contributed by atoms with van der Waals surface area (Å²) in [5.41, 5.74) is 0. The van der Waals surface area contributed by atoms with Crippen molar-refractivity contribution in [2.45, 2.75) is 17.8 Å². The molecule has 0 unspecified atom stereocenters. The molecule has 0 aliphatic rings. The number of carbonyl (C=O) groups excluding carboxylic acids is 2. The molecule has 0 saturated heterocycles. The lowest BCUT2D eigenvalue weighted by atomic mass is 10.1. The third-order valence-electron chi connectivity index (χ3n) is 1.48. The zero-order valence-electron chi connectivity index (χ0n) is 7.37. The summed E-state index contributed by atoms with van der Waals surface area (Å²) in [6.45, 7) is 0. The number of alkyl halides is 6. The molecule has 3 nitrogen and oxygen atoms in total. The molecule has 10 heteroatoms. The molecule has 0 radical (unpaired) electrons. The molecule has 0 rings (SSSR count). The van der Waals surface area contributed by atoms with Gasteiger partial charge < -0.3 is 4.74 Å². The van der Waals surface area contributed by atoms with Crippen LogP contribution in [0.1, 0.15) is 0 Å². The van der Waals surface area contributed by atoms with Crippen LogP contribution in [0, 0.1) is 0 Å². The molecular formula is C6H3F7O3. The molecule has 0 aromatic heterocycles. The molecule has 0 atom stereocenters. The van der Waals surface area contributed by atoms with Gasteiger partial charge in [0, 0.05) is 0 Å². The van der Waals surface area contributed by atoms with Crippen molar-refractivity contribution in [1.82, 2.24) is 0 Å². The van der Waals surface area contributed by atoms with Crippen LogP contribution in [0.5, 0.6) is 0 Å². The summed E-state index contributed by atoms with van der Waals surface area (Å²) in [4.78, 5) is 19.6. The Bertz CT molecular complexity index is 311. The van der Waals surface area contributed by atoms with E-state index in [0.717, 1.165) is 0 Å². The predicted molar refractivity (Wildman–Crippen MR) is 33.0 cm³/mol. The van der Waals surface area contributed by atoms with Crippen LogP contribution >= 0.6 is 0 Å². The van der Waals surface area contributed by atoms with E-state index in [2.05, 4.69) is 4.74 Å². The first-order valence-electron chi connectivity index (χ1n) is 3.34. The highest BCUT2D eigenvalue weighted by molar-refractivity contribution is 5.84. The topological polar surface area (TPSA) is 43.4 Å².